The fourth-order valence-corrected chi connectivity index (χ4v) is 1.67. The first-order chi connectivity index (χ1) is 7.22. The summed E-state index contributed by atoms with van der Waals surface area (Å²) in [5.41, 5.74) is 1.28. The summed E-state index contributed by atoms with van der Waals surface area (Å²) in [5, 5.41) is 12.1. The number of rotatable bonds is 5. The maximum Gasteiger partial charge on any atom is 0.0638 e. The predicted molar refractivity (Wildman–Crippen MR) is 62.4 cm³/mol. The van der Waals surface area contributed by atoms with Crippen LogP contribution in [0.1, 0.15) is 25.8 Å². The van der Waals surface area contributed by atoms with E-state index in [0.717, 1.165) is 6.42 Å². The summed E-state index contributed by atoms with van der Waals surface area (Å²) in [6.45, 7) is 4.21. The number of nitriles is 1. The molecule has 0 saturated carbocycles. The van der Waals surface area contributed by atoms with E-state index in [1.54, 1.807) is 0 Å². The van der Waals surface area contributed by atoms with E-state index in [1.165, 1.54) is 5.56 Å². The largest absolute Gasteiger partial charge is 0.310 e. The average Bonchev–Trinajstić information content (AvgIpc) is 2.18. The van der Waals surface area contributed by atoms with Gasteiger partial charge in [-0.2, -0.15) is 5.26 Å². The highest BCUT2D eigenvalue weighted by molar-refractivity contribution is 5.16. The van der Waals surface area contributed by atoms with Gasteiger partial charge in [0, 0.05) is 12.1 Å². The molecule has 2 nitrogen and oxygen atoms in total. The van der Waals surface area contributed by atoms with Gasteiger partial charge >= 0.3 is 0 Å². The summed E-state index contributed by atoms with van der Waals surface area (Å²) in [7, 11) is 0. The summed E-state index contributed by atoms with van der Waals surface area (Å²) in [6.07, 6.45) is 1.49. The van der Waals surface area contributed by atoms with E-state index in [4.69, 9.17) is 5.26 Å². The lowest BCUT2D eigenvalue weighted by Gasteiger charge is -2.18. The fourth-order valence-electron chi connectivity index (χ4n) is 1.67. The number of hydrogen-bond donors (Lipinski definition) is 1. The smallest absolute Gasteiger partial charge is 0.0638 e. The molecule has 1 atom stereocenters. The highest BCUT2D eigenvalue weighted by Crippen LogP contribution is 2.06. The van der Waals surface area contributed by atoms with Crippen molar-refractivity contribution in [1.29, 1.82) is 5.26 Å². The van der Waals surface area contributed by atoms with Gasteiger partial charge in [-0.15, -0.1) is 0 Å². The molecule has 0 spiro atoms. The molecule has 0 radical (unpaired) electrons. The number of nitrogens with zero attached hydrogens (tertiary/aromatic N) is 1. The highest BCUT2D eigenvalue weighted by atomic mass is 14.9. The van der Waals surface area contributed by atoms with E-state index in [1.807, 2.05) is 18.2 Å². The third-order valence-corrected chi connectivity index (χ3v) is 2.23. The van der Waals surface area contributed by atoms with Crippen LogP contribution < -0.4 is 5.32 Å². The molecule has 0 bridgehead atoms. The Morgan fingerprint density at radius 2 is 1.93 bits per heavy atom. The second-order valence-corrected chi connectivity index (χ2v) is 4.07. The minimum atomic E-state index is 0.261. The molecule has 0 aliphatic rings. The van der Waals surface area contributed by atoms with Crippen molar-refractivity contribution in [3.63, 3.8) is 0 Å². The zero-order valence-electron chi connectivity index (χ0n) is 9.40. The molecule has 15 heavy (non-hydrogen) atoms. The van der Waals surface area contributed by atoms with Gasteiger partial charge in [0.15, 0.2) is 0 Å². The lowest BCUT2D eigenvalue weighted by atomic mass is 10.0. The Balaban J connectivity index is 2.55. The van der Waals surface area contributed by atoms with Crippen LogP contribution in [0, 0.1) is 11.3 Å². The Bertz CT molecular complexity index is 311. The van der Waals surface area contributed by atoms with E-state index in [9.17, 15) is 0 Å². The summed E-state index contributed by atoms with van der Waals surface area (Å²) >= 11 is 0. The van der Waals surface area contributed by atoms with Crippen molar-refractivity contribution in [2.24, 2.45) is 0 Å². The molecule has 1 N–H and O–H groups in total. The van der Waals surface area contributed by atoms with Gasteiger partial charge in [-0.25, -0.2) is 0 Å². The Morgan fingerprint density at radius 1 is 1.27 bits per heavy atom. The van der Waals surface area contributed by atoms with Crippen LogP contribution in [0.2, 0.25) is 0 Å². The van der Waals surface area contributed by atoms with E-state index >= 15 is 0 Å². The van der Waals surface area contributed by atoms with Crippen molar-refractivity contribution < 1.29 is 0 Å². The summed E-state index contributed by atoms with van der Waals surface area (Å²) in [4.78, 5) is 0. The molecule has 0 amide bonds. The van der Waals surface area contributed by atoms with Gasteiger partial charge in [0.05, 0.1) is 12.5 Å². The first-order valence-corrected chi connectivity index (χ1v) is 5.39. The Kier molecular flexibility index (Phi) is 4.86. The summed E-state index contributed by atoms with van der Waals surface area (Å²) < 4.78 is 0. The van der Waals surface area contributed by atoms with Crippen LogP contribution in [0.25, 0.3) is 0 Å². The molecule has 1 aromatic carbocycles. The van der Waals surface area contributed by atoms with Crippen LogP contribution in [0.4, 0.5) is 0 Å². The molecule has 2 heteroatoms. The molecular formula is C13H18N2. The van der Waals surface area contributed by atoms with Gasteiger partial charge in [0.1, 0.15) is 0 Å². The SMILES string of the molecule is CC(C)NC(CC#N)Cc1ccccc1. The van der Waals surface area contributed by atoms with Crippen LogP contribution in [-0.2, 0) is 6.42 Å². The molecular weight excluding hydrogens is 184 g/mol. The normalized spacial score (nSPS) is 12.4. The Morgan fingerprint density at radius 3 is 2.47 bits per heavy atom. The molecule has 0 heterocycles. The molecule has 0 aliphatic heterocycles. The van der Waals surface area contributed by atoms with Crippen LogP contribution in [0.15, 0.2) is 30.3 Å². The van der Waals surface area contributed by atoms with Gasteiger partial charge in [0.2, 0.25) is 0 Å². The number of benzene rings is 1. The number of nitrogens with one attached hydrogen (secondary N) is 1. The maximum absolute atomic E-state index is 8.74. The van der Waals surface area contributed by atoms with Crippen molar-refractivity contribution in [2.45, 2.75) is 38.8 Å². The minimum Gasteiger partial charge on any atom is -0.310 e. The van der Waals surface area contributed by atoms with Gasteiger partial charge in [0.25, 0.3) is 0 Å². The van der Waals surface area contributed by atoms with E-state index < -0.39 is 0 Å². The van der Waals surface area contributed by atoms with E-state index in [2.05, 4.69) is 37.4 Å². The second-order valence-electron chi connectivity index (χ2n) is 4.07. The topological polar surface area (TPSA) is 35.8 Å². The quantitative estimate of drug-likeness (QED) is 0.796. The van der Waals surface area contributed by atoms with Crippen LogP contribution in [-0.4, -0.2) is 12.1 Å². The third-order valence-electron chi connectivity index (χ3n) is 2.23. The predicted octanol–water partition coefficient (Wildman–Crippen LogP) is 2.51. The molecule has 0 fully saturated rings. The molecule has 0 saturated heterocycles. The Labute approximate surface area is 91.9 Å². The average molecular weight is 202 g/mol. The molecule has 1 rings (SSSR count). The highest BCUT2D eigenvalue weighted by Gasteiger charge is 2.09. The van der Waals surface area contributed by atoms with Crippen LogP contribution >= 0.6 is 0 Å². The van der Waals surface area contributed by atoms with Crippen molar-refractivity contribution in [2.75, 3.05) is 0 Å². The monoisotopic (exact) mass is 202 g/mol. The van der Waals surface area contributed by atoms with Crippen molar-refractivity contribution in [1.82, 2.24) is 5.32 Å². The molecule has 0 aromatic heterocycles. The first-order valence-electron chi connectivity index (χ1n) is 5.39. The summed E-state index contributed by atoms with van der Waals surface area (Å²) in [6, 6.07) is 13.2. The summed E-state index contributed by atoms with van der Waals surface area (Å²) in [5.74, 6) is 0. The van der Waals surface area contributed by atoms with Gasteiger partial charge in [-0.05, 0) is 12.0 Å². The van der Waals surface area contributed by atoms with Gasteiger partial charge in [-0.1, -0.05) is 44.2 Å². The Hall–Kier alpha value is -1.33. The van der Waals surface area contributed by atoms with Gasteiger partial charge in [-0.3, -0.25) is 0 Å². The molecule has 1 aromatic rings. The minimum absolute atomic E-state index is 0.261. The van der Waals surface area contributed by atoms with E-state index in [-0.39, 0.29) is 6.04 Å². The fraction of sp³-hybridized carbons (Fsp3) is 0.462. The zero-order valence-corrected chi connectivity index (χ0v) is 9.40. The third kappa shape index (κ3) is 4.62. The van der Waals surface area contributed by atoms with Crippen molar-refractivity contribution >= 4 is 0 Å². The van der Waals surface area contributed by atoms with Crippen LogP contribution in [0.3, 0.4) is 0 Å². The molecule has 0 aliphatic carbocycles. The second kappa shape index (κ2) is 6.21. The maximum atomic E-state index is 8.74. The first kappa shape index (κ1) is 11.7. The standard InChI is InChI=1S/C13H18N2/c1-11(2)15-13(8-9-14)10-12-6-4-3-5-7-12/h3-7,11,13,15H,8,10H2,1-2H3. The number of hydrogen-bond acceptors (Lipinski definition) is 2. The van der Waals surface area contributed by atoms with Crippen molar-refractivity contribution in [3.8, 4) is 6.07 Å². The molecule has 1 unspecified atom stereocenters. The lowest BCUT2D eigenvalue weighted by Crippen LogP contribution is -2.36. The van der Waals surface area contributed by atoms with E-state index in [0.29, 0.717) is 12.5 Å². The van der Waals surface area contributed by atoms with Gasteiger partial charge < -0.3 is 5.32 Å². The van der Waals surface area contributed by atoms with Crippen LogP contribution in [0.5, 0.6) is 0 Å². The molecule has 80 valence electrons. The zero-order chi connectivity index (χ0) is 11.1. The lowest BCUT2D eigenvalue weighted by molar-refractivity contribution is 0.465. The van der Waals surface area contributed by atoms with Crippen molar-refractivity contribution in [3.05, 3.63) is 35.9 Å².